The average molecular weight is 456 g/mol. The van der Waals surface area contributed by atoms with Crippen LogP contribution in [-0.4, -0.2) is 33.4 Å². The minimum atomic E-state index is -0.142. The number of carbonyl (C=O) groups is 1. The maximum Gasteiger partial charge on any atom is 0.261 e. The number of pyridine rings is 2. The van der Waals surface area contributed by atoms with E-state index in [9.17, 15) is 4.79 Å². The monoisotopic (exact) mass is 455 g/mol. The van der Waals surface area contributed by atoms with Gasteiger partial charge in [0.15, 0.2) is 0 Å². The van der Waals surface area contributed by atoms with Crippen molar-refractivity contribution in [1.82, 2.24) is 20.3 Å². The fraction of sp³-hybridized carbons (Fsp3) is 0.150. The molecule has 8 heteroatoms. The van der Waals surface area contributed by atoms with Crippen molar-refractivity contribution in [2.75, 3.05) is 6.54 Å². The van der Waals surface area contributed by atoms with Crippen molar-refractivity contribution >= 4 is 44.2 Å². The highest BCUT2D eigenvalue weighted by atomic mass is 79.9. The van der Waals surface area contributed by atoms with Crippen molar-refractivity contribution in [2.45, 2.75) is 12.5 Å². The summed E-state index contributed by atoms with van der Waals surface area (Å²) in [6.45, 7) is 0.363. The Morgan fingerprint density at radius 3 is 2.86 bits per heavy atom. The van der Waals surface area contributed by atoms with Gasteiger partial charge in [0.1, 0.15) is 5.65 Å². The predicted molar refractivity (Wildman–Crippen MR) is 115 cm³/mol. The van der Waals surface area contributed by atoms with Crippen molar-refractivity contribution in [3.63, 3.8) is 0 Å². The molecule has 0 saturated carbocycles. The summed E-state index contributed by atoms with van der Waals surface area (Å²) in [7, 11) is 0. The molecule has 0 aliphatic heterocycles. The van der Waals surface area contributed by atoms with Gasteiger partial charge in [0, 0.05) is 52.8 Å². The first-order valence-electron chi connectivity index (χ1n) is 8.77. The maximum atomic E-state index is 12.8. The molecule has 0 spiro atoms. The summed E-state index contributed by atoms with van der Waals surface area (Å²) in [5.74, 6) is -0.124. The van der Waals surface area contributed by atoms with Crippen LogP contribution >= 0.6 is 27.3 Å². The highest BCUT2D eigenvalue weighted by Crippen LogP contribution is 2.39. The molecular weight excluding hydrogens is 438 g/mol. The normalized spacial score (nSPS) is 12.2. The zero-order chi connectivity index (χ0) is 19.5. The molecule has 1 amide bonds. The van der Waals surface area contributed by atoms with E-state index >= 15 is 0 Å². The zero-order valence-electron chi connectivity index (χ0n) is 14.9. The van der Waals surface area contributed by atoms with Gasteiger partial charge in [0.25, 0.3) is 5.91 Å². The Hall–Kier alpha value is -2.55. The van der Waals surface area contributed by atoms with Gasteiger partial charge >= 0.3 is 0 Å². The lowest BCUT2D eigenvalue weighted by Crippen LogP contribution is -2.41. The Bertz CT molecular complexity index is 1110. The molecule has 0 fully saturated rings. The van der Waals surface area contributed by atoms with Gasteiger partial charge < -0.3 is 16.0 Å². The van der Waals surface area contributed by atoms with Crippen molar-refractivity contribution in [2.24, 2.45) is 5.73 Å². The minimum Gasteiger partial charge on any atom is -0.347 e. The van der Waals surface area contributed by atoms with Crippen LogP contribution in [0.1, 0.15) is 15.2 Å². The van der Waals surface area contributed by atoms with E-state index in [0.717, 1.165) is 31.5 Å². The van der Waals surface area contributed by atoms with Gasteiger partial charge in [0.05, 0.1) is 9.75 Å². The number of halogens is 1. The quantitative estimate of drug-likeness (QED) is 0.412. The Labute approximate surface area is 174 Å². The van der Waals surface area contributed by atoms with Gasteiger partial charge in [-0.2, -0.15) is 0 Å². The second-order valence-corrected chi connectivity index (χ2v) is 8.26. The molecule has 0 saturated heterocycles. The van der Waals surface area contributed by atoms with Crippen LogP contribution in [0, 0.1) is 0 Å². The molecular formula is C20H18BrN5OS. The number of nitrogens with one attached hydrogen (secondary N) is 2. The molecule has 4 N–H and O–H groups in total. The van der Waals surface area contributed by atoms with Crippen molar-refractivity contribution in [3.05, 3.63) is 70.0 Å². The molecule has 0 radical (unpaired) electrons. The van der Waals surface area contributed by atoms with E-state index in [1.165, 1.54) is 11.3 Å². The Balaban J connectivity index is 1.56. The van der Waals surface area contributed by atoms with Crippen LogP contribution < -0.4 is 11.1 Å². The van der Waals surface area contributed by atoms with E-state index in [0.29, 0.717) is 17.8 Å². The average Bonchev–Trinajstić information content (AvgIpc) is 3.34. The summed E-state index contributed by atoms with van der Waals surface area (Å²) in [5.41, 5.74) is 8.83. The van der Waals surface area contributed by atoms with E-state index < -0.39 is 0 Å². The highest BCUT2D eigenvalue weighted by molar-refractivity contribution is 9.10. The van der Waals surface area contributed by atoms with Gasteiger partial charge in [-0.3, -0.25) is 9.78 Å². The van der Waals surface area contributed by atoms with E-state index in [2.05, 4.69) is 36.2 Å². The second kappa shape index (κ2) is 8.22. The number of amides is 1. The summed E-state index contributed by atoms with van der Waals surface area (Å²) < 4.78 is 0.884. The first-order valence-corrected chi connectivity index (χ1v) is 10.4. The Morgan fingerprint density at radius 2 is 2.07 bits per heavy atom. The summed E-state index contributed by atoms with van der Waals surface area (Å²) in [4.78, 5) is 25.9. The van der Waals surface area contributed by atoms with Crippen molar-refractivity contribution in [1.29, 1.82) is 0 Å². The molecule has 0 aromatic carbocycles. The molecule has 4 heterocycles. The fourth-order valence-corrected chi connectivity index (χ4v) is 4.91. The molecule has 6 nitrogen and oxygen atoms in total. The number of nitrogens with two attached hydrogens (primary N) is 1. The lowest BCUT2D eigenvalue weighted by atomic mass is 10.1. The smallest absolute Gasteiger partial charge is 0.261 e. The summed E-state index contributed by atoms with van der Waals surface area (Å²) in [6.07, 6.45) is 7.77. The second-order valence-electron chi connectivity index (χ2n) is 6.35. The maximum absolute atomic E-state index is 12.8. The number of thiophene rings is 1. The number of nitrogens with zero attached hydrogens (tertiary/aromatic N) is 2. The number of aromatic nitrogens is 3. The van der Waals surface area contributed by atoms with Gasteiger partial charge in [-0.25, -0.2) is 4.98 Å². The molecule has 1 atom stereocenters. The van der Waals surface area contributed by atoms with Crippen molar-refractivity contribution < 1.29 is 4.79 Å². The van der Waals surface area contributed by atoms with Gasteiger partial charge in [-0.05, 0) is 58.2 Å². The number of H-pyrrole nitrogens is 1. The fourth-order valence-electron chi connectivity index (χ4n) is 3.08. The van der Waals surface area contributed by atoms with E-state index in [-0.39, 0.29) is 11.9 Å². The Kier molecular flexibility index (Phi) is 5.52. The first kappa shape index (κ1) is 18.8. The third kappa shape index (κ3) is 3.84. The lowest BCUT2D eigenvalue weighted by Gasteiger charge is -2.16. The van der Waals surface area contributed by atoms with E-state index in [1.807, 2.05) is 36.5 Å². The van der Waals surface area contributed by atoms with Crippen LogP contribution in [0.25, 0.3) is 21.5 Å². The van der Waals surface area contributed by atoms with Crippen LogP contribution in [0.2, 0.25) is 0 Å². The number of carbonyl (C=O) groups excluding carboxylic acids is 1. The van der Waals surface area contributed by atoms with Gasteiger partial charge in [0.2, 0.25) is 0 Å². The molecule has 1 unspecified atom stereocenters. The molecule has 4 aromatic heterocycles. The number of aromatic amines is 1. The third-order valence-corrected chi connectivity index (χ3v) is 6.52. The van der Waals surface area contributed by atoms with Crippen LogP contribution in [0.3, 0.4) is 0 Å². The summed E-state index contributed by atoms with van der Waals surface area (Å²) in [5, 5.41) is 4.07. The molecule has 142 valence electrons. The van der Waals surface area contributed by atoms with E-state index in [4.69, 9.17) is 5.73 Å². The SMILES string of the molecule is NCC(Cc1ccncc1)NC(=O)c1cc(Br)c(-c2ccnc3[nH]ccc23)s1. The molecule has 4 aromatic rings. The Morgan fingerprint density at radius 1 is 1.25 bits per heavy atom. The minimum absolute atomic E-state index is 0.124. The highest BCUT2D eigenvalue weighted by Gasteiger charge is 2.19. The zero-order valence-corrected chi connectivity index (χ0v) is 17.3. The molecule has 0 aliphatic rings. The number of hydrogen-bond acceptors (Lipinski definition) is 5. The van der Waals surface area contributed by atoms with Crippen LogP contribution in [-0.2, 0) is 6.42 Å². The van der Waals surface area contributed by atoms with Crippen molar-refractivity contribution in [3.8, 4) is 10.4 Å². The largest absolute Gasteiger partial charge is 0.347 e. The van der Waals surface area contributed by atoms with E-state index in [1.54, 1.807) is 18.6 Å². The van der Waals surface area contributed by atoms with Gasteiger partial charge in [-0.15, -0.1) is 11.3 Å². The standard InChI is InChI=1S/C20H18BrN5OS/c21-16-10-17(20(27)26-13(11-22)9-12-1-5-23-6-2-12)28-18(16)14-3-7-24-19-15(14)4-8-25-19/h1-8,10,13H,9,11,22H2,(H,24,25)(H,26,27). The van der Waals surface area contributed by atoms with Crippen LogP contribution in [0.4, 0.5) is 0 Å². The molecule has 0 aliphatic carbocycles. The topological polar surface area (TPSA) is 96.7 Å². The third-order valence-electron chi connectivity index (χ3n) is 4.47. The summed E-state index contributed by atoms with van der Waals surface area (Å²) >= 11 is 5.05. The summed E-state index contributed by atoms with van der Waals surface area (Å²) in [6, 6.07) is 9.52. The first-order chi connectivity index (χ1) is 13.7. The lowest BCUT2D eigenvalue weighted by molar-refractivity contribution is 0.0942. The number of fused-ring (bicyclic) bond motifs is 1. The molecule has 28 heavy (non-hydrogen) atoms. The van der Waals surface area contributed by atoms with Crippen LogP contribution in [0.5, 0.6) is 0 Å². The number of rotatable bonds is 6. The van der Waals surface area contributed by atoms with Gasteiger partial charge in [-0.1, -0.05) is 0 Å². The number of hydrogen-bond donors (Lipinski definition) is 3. The van der Waals surface area contributed by atoms with Crippen LogP contribution in [0.15, 0.2) is 59.6 Å². The molecule has 4 rings (SSSR count). The predicted octanol–water partition coefficient (Wildman–Crippen LogP) is 3.75. The molecule has 0 bridgehead atoms.